The molecule has 1 aliphatic carbocycles. The first-order chi connectivity index (χ1) is 11.1. The van der Waals surface area contributed by atoms with Gasteiger partial charge in [0, 0.05) is 23.0 Å². The van der Waals surface area contributed by atoms with E-state index in [0.717, 1.165) is 24.6 Å². The lowest BCUT2D eigenvalue weighted by molar-refractivity contribution is -0.125. The van der Waals surface area contributed by atoms with E-state index in [9.17, 15) is 9.59 Å². The largest absolute Gasteiger partial charge is 0.451 e. The first-order valence-corrected chi connectivity index (χ1v) is 8.30. The maximum atomic E-state index is 12.7. The van der Waals surface area contributed by atoms with E-state index in [0.29, 0.717) is 29.6 Å². The predicted molar refractivity (Wildman–Crippen MR) is 86.4 cm³/mol. The summed E-state index contributed by atoms with van der Waals surface area (Å²) in [4.78, 5) is 26.7. The third kappa shape index (κ3) is 2.81. The van der Waals surface area contributed by atoms with Gasteiger partial charge in [-0.05, 0) is 49.9 Å². The molecule has 120 valence electrons. The summed E-state index contributed by atoms with van der Waals surface area (Å²) in [5.74, 6) is -0.0170. The number of hydrogen-bond acceptors (Lipinski definition) is 3. The topological polar surface area (TPSA) is 62.6 Å². The molecule has 1 aromatic carbocycles. The molecule has 2 heterocycles. The fourth-order valence-electron chi connectivity index (χ4n) is 3.07. The summed E-state index contributed by atoms with van der Waals surface area (Å²) in [6.45, 7) is 0.583. The average molecular weight is 333 g/mol. The maximum absolute atomic E-state index is 12.7. The molecule has 4 rings (SSSR count). The van der Waals surface area contributed by atoms with Crippen LogP contribution in [0.1, 0.15) is 36.2 Å². The van der Waals surface area contributed by atoms with E-state index in [4.69, 9.17) is 16.0 Å². The zero-order chi connectivity index (χ0) is 16.0. The number of carbonyl (C=O) groups excluding carboxylic acids is 2. The Kier molecular flexibility index (Phi) is 3.53. The van der Waals surface area contributed by atoms with Gasteiger partial charge in [-0.3, -0.25) is 9.59 Å². The van der Waals surface area contributed by atoms with Crippen LogP contribution in [-0.2, 0) is 4.79 Å². The predicted octanol–water partition coefficient (Wildman–Crippen LogP) is 2.97. The Hall–Kier alpha value is -2.01. The number of nitrogens with one attached hydrogen (secondary N) is 1. The van der Waals surface area contributed by atoms with Crippen LogP contribution in [0.15, 0.2) is 28.7 Å². The molecule has 0 radical (unpaired) electrons. The van der Waals surface area contributed by atoms with Crippen LogP contribution in [0.25, 0.3) is 11.0 Å². The molecule has 2 aliphatic rings. The van der Waals surface area contributed by atoms with Crippen LogP contribution in [0.2, 0.25) is 5.02 Å². The molecule has 1 aliphatic heterocycles. The Morgan fingerprint density at radius 2 is 2.04 bits per heavy atom. The van der Waals surface area contributed by atoms with Crippen LogP contribution < -0.4 is 5.32 Å². The standard InChI is InChI=1S/C17H17ClN2O3/c18-11-3-6-14-10(8-11)9-15(23-14)17(22)20-7-1-2-13(20)16(21)19-12-4-5-12/h3,6,8-9,12-13H,1-2,4-5,7H2,(H,19,21). The number of amides is 2. The van der Waals surface area contributed by atoms with Crippen molar-refractivity contribution in [2.24, 2.45) is 0 Å². The quantitative estimate of drug-likeness (QED) is 0.940. The lowest BCUT2D eigenvalue weighted by atomic mass is 10.2. The fourth-order valence-corrected chi connectivity index (χ4v) is 3.25. The number of benzene rings is 1. The van der Waals surface area contributed by atoms with E-state index in [1.54, 1.807) is 29.2 Å². The van der Waals surface area contributed by atoms with Gasteiger partial charge in [0.05, 0.1) is 0 Å². The van der Waals surface area contributed by atoms with E-state index in [1.807, 2.05) is 0 Å². The molecular formula is C17H17ClN2O3. The summed E-state index contributed by atoms with van der Waals surface area (Å²) in [6.07, 6.45) is 3.62. The minimum atomic E-state index is -0.389. The number of rotatable bonds is 3. The van der Waals surface area contributed by atoms with E-state index in [2.05, 4.69) is 5.32 Å². The van der Waals surface area contributed by atoms with Crippen LogP contribution in [0.3, 0.4) is 0 Å². The highest BCUT2D eigenvalue weighted by atomic mass is 35.5. The van der Waals surface area contributed by atoms with Gasteiger partial charge in [0.15, 0.2) is 5.76 Å². The van der Waals surface area contributed by atoms with Gasteiger partial charge in [0.25, 0.3) is 5.91 Å². The molecule has 5 nitrogen and oxygen atoms in total. The monoisotopic (exact) mass is 332 g/mol. The highest BCUT2D eigenvalue weighted by Gasteiger charge is 2.37. The Balaban J connectivity index is 1.57. The van der Waals surface area contributed by atoms with Crippen LogP contribution >= 0.6 is 11.6 Å². The Morgan fingerprint density at radius 1 is 1.22 bits per heavy atom. The third-order valence-electron chi connectivity index (χ3n) is 4.43. The van der Waals surface area contributed by atoms with Gasteiger partial charge in [0.1, 0.15) is 11.6 Å². The molecule has 1 atom stereocenters. The highest BCUT2D eigenvalue weighted by Crippen LogP contribution is 2.27. The summed E-state index contributed by atoms with van der Waals surface area (Å²) in [5, 5.41) is 4.37. The number of fused-ring (bicyclic) bond motifs is 1. The van der Waals surface area contributed by atoms with E-state index < -0.39 is 0 Å². The Morgan fingerprint density at radius 3 is 2.83 bits per heavy atom. The molecule has 2 amide bonds. The molecule has 1 N–H and O–H groups in total. The zero-order valence-electron chi connectivity index (χ0n) is 12.5. The minimum Gasteiger partial charge on any atom is -0.451 e. The first-order valence-electron chi connectivity index (χ1n) is 7.92. The number of likely N-dealkylation sites (tertiary alicyclic amines) is 1. The molecule has 2 aromatic rings. The van der Waals surface area contributed by atoms with Crippen molar-refractivity contribution in [1.29, 1.82) is 0 Å². The van der Waals surface area contributed by atoms with Gasteiger partial charge < -0.3 is 14.6 Å². The molecule has 0 spiro atoms. The Labute approximate surface area is 138 Å². The van der Waals surface area contributed by atoms with E-state index in [-0.39, 0.29) is 23.6 Å². The summed E-state index contributed by atoms with van der Waals surface area (Å²) < 4.78 is 5.64. The van der Waals surface area contributed by atoms with Crippen molar-refractivity contribution in [2.45, 2.75) is 37.8 Å². The molecule has 1 saturated heterocycles. The van der Waals surface area contributed by atoms with Crippen LogP contribution in [0, 0.1) is 0 Å². The fraction of sp³-hybridized carbons (Fsp3) is 0.412. The van der Waals surface area contributed by atoms with Gasteiger partial charge in [-0.1, -0.05) is 11.6 Å². The lowest BCUT2D eigenvalue weighted by Crippen LogP contribution is -2.46. The molecule has 1 saturated carbocycles. The molecule has 1 aromatic heterocycles. The van der Waals surface area contributed by atoms with E-state index >= 15 is 0 Å². The normalized spacial score (nSPS) is 20.9. The molecule has 2 fully saturated rings. The average Bonchev–Trinajstić information content (AvgIpc) is 3.05. The zero-order valence-corrected chi connectivity index (χ0v) is 13.3. The number of hydrogen-bond donors (Lipinski definition) is 1. The second-order valence-electron chi connectivity index (χ2n) is 6.23. The van der Waals surface area contributed by atoms with Crippen molar-refractivity contribution in [3.8, 4) is 0 Å². The van der Waals surface area contributed by atoms with Gasteiger partial charge in [-0.15, -0.1) is 0 Å². The SMILES string of the molecule is O=C(NC1CC1)C1CCCN1C(=O)c1cc2cc(Cl)ccc2o1. The van der Waals surface area contributed by atoms with Crippen LogP contribution in [-0.4, -0.2) is 35.3 Å². The lowest BCUT2D eigenvalue weighted by Gasteiger charge is -2.22. The summed E-state index contributed by atoms with van der Waals surface area (Å²) in [5.41, 5.74) is 0.621. The molecule has 23 heavy (non-hydrogen) atoms. The number of halogens is 1. The van der Waals surface area contributed by atoms with Gasteiger partial charge in [-0.2, -0.15) is 0 Å². The smallest absolute Gasteiger partial charge is 0.290 e. The summed E-state index contributed by atoms with van der Waals surface area (Å²) in [6, 6.07) is 6.84. The van der Waals surface area contributed by atoms with Crippen LogP contribution in [0.5, 0.6) is 0 Å². The highest BCUT2D eigenvalue weighted by molar-refractivity contribution is 6.31. The molecule has 0 bridgehead atoms. The number of furan rings is 1. The number of nitrogens with zero attached hydrogens (tertiary/aromatic N) is 1. The van der Waals surface area contributed by atoms with Gasteiger partial charge in [0.2, 0.25) is 5.91 Å². The van der Waals surface area contributed by atoms with Crippen molar-refractivity contribution < 1.29 is 14.0 Å². The van der Waals surface area contributed by atoms with Crippen molar-refractivity contribution >= 4 is 34.4 Å². The van der Waals surface area contributed by atoms with Crippen molar-refractivity contribution in [3.05, 3.63) is 35.0 Å². The first kappa shape index (κ1) is 14.6. The summed E-state index contributed by atoms with van der Waals surface area (Å²) >= 11 is 5.96. The van der Waals surface area contributed by atoms with Crippen LogP contribution in [0.4, 0.5) is 0 Å². The Bertz CT molecular complexity index is 781. The van der Waals surface area contributed by atoms with Gasteiger partial charge in [-0.25, -0.2) is 0 Å². The summed E-state index contributed by atoms with van der Waals surface area (Å²) in [7, 11) is 0. The molecule has 6 heteroatoms. The number of carbonyl (C=O) groups is 2. The second-order valence-corrected chi connectivity index (χ2v) is 6.67. The molecule has 1 unspecified atom stereocenters. The second kappa shape index (κ2) is 5.57. The minimum absolute atomic E-state index is 0.0440. The maximum Gasteiger partial charge on any atom is 0.290 e. The van der Waals surface area contributed by atoms with Crippen molar-refractivity contribution in [1.82, 2.24) is 10.2 Å². The van der Waals surface area contributed by atoms with Gasteiger partial charge >= 0.3 is 0 Å². The van der Waals surface area contributed by atoms with Crippen molar-refractivity contribution in [2.75, 3.05) is 6.54 Å². The third-order valence-corrected chi connectivity index (χ3v) is 4.66. The van der Waals surface area contributed by atoms with E-state index in [1.165, 1.54) is 0 Å². The van der Waals surface area contributed by atoms with Crippen molar-refractivity contribution in [3.63, 3.8) is 0 Å². The molecular weight excluding hydrogens is 316 g/mol.